The van der Waals surface area contributed by atoms with Crippen LogP contribution in [0.5, 0.6) is 5.75 Å². The van der Waals surface area contributed by atoms with Gasteiger partial charge >= 0.3 is 0 Å². The lowest BCUT2D eigenvalue weighted by molar-refractivity contribution is -0.121. The van der Waals surface area contributed by atoms with Crippen LogP contribution in [0.15, 0.2) is 48.5 Å². The number of halogens is 1. The monoisotopic (exact) mass is 386 g/mol. The number of amides is 2. The fourth-order valence-electron chi connectivity index (χ4n) is 3.21. The molecule has 142 valence electrons. The van der Waals surface area contributed by atoms with Gasteiger partial charge in [-0.3, -0.25) is 9.59 Å². The van der Waals surface area contributed by atoms with Gasteiger partial charge in [0, 0.05) is 18.1 Å². The summed E-state index contributed by atoms with van der Waals surface area (Å²) < 4.78 is 5.71. The van der Waals surface area contributed by atoms with Crippen LogP contribution in [-0.4, -0.2) is 32.0 Å². The number of benzene rings is 2. The Bertz CT molecular complexity index is 794. The maximum absolute atomic E-state index is 12.8. The molecule has 0 aliphatic carbocycles. The van der Waals surface area contributed by atoms with Gasteiger partial charge in [-0.25, -0.2) is 0 Å². The molecule has 2 aromatic carbocycles. The lowest BCUT2D eigenvalue weighted by atomic mass is 10.1. The number of nitrogens with zero attached hydrogens (tertiary/aromatic N) is 2. The predicted octanol–water partition coefficient (Wildman–Crippen LogP) is 4.14. The number of rotatable bonds is 7. The normalized spacial score (nSPS) is 16.7. The molecular formula is C21H23ClN2O3. The van der Waals surface area contributed by atoms with Crippen LogP contribution in [0, 0.1) is 5.92 Å². The van der Waals surface area contributed by atoms with E-state index >= 15 is 0 Å². The number of fused-ring (bicyclic) bond motifs is 1. The van der Waals surface area contributed by atoms with E-state index in [-0.39, 0.29) is 11.8 Å². The molecule has 1 atom stereocenters. The number of para-hydroxylation sites is 2. The molecule has 1 aliphatic rings. The molecule has 0 spiro atoms. The second-order valence-corrected chi connectivity index (χ2v) is 7.08. The van der Waals surface area contributed by atoms with Gasteiger partial charge in [0.15, 0.2) is 0 Å². The summed E-state index contributed by atoms with van der Waals surface area (Å²) in [5, 5.41) is 0.680. The molecule has 1 aliphatic heterocycles. The van der Waals surface area contributed by atoms with Crippen LogP contribution in [-0.2, 0) is 9.59 Å². The standard InChI is InChI=1S/C21H23ClN2O3/c1-16-14-23(15-25)19-6-2-3-7-20(19)24(21(16)26)12-4-5-13-27-18-10-8-17(22)9-11-18/h2-3,6-11,15-16H,4-5,12-14H2,1H3. The van der Waals surface area contributed by atoms with Crippen molar-refractivity contribution in [3.8, 4) is 5.75 Å². The van der Waals surface area contributed by atoms with Gasteiger partial charge in [-0.1, -0.05) is 30.7 Å². The molecule has 0 aromatic heterocycles. The first kappa shape index (κ1) is 19.2. The molecule has 1 unspecified atom stereocenters. The number of carbonyl (C=O) groups excluding carboxylic acids is 2. The molecule has 1 heterocycles. The zero-order valence-corrected chi connectivity index (χ0v) is 16.1. The first-order chi connectivity index (χ1) is 13.1. The van der Waals surface area contributed by atoms with Crippen LogP contribution in [0.3, 0.4) is 0 Å². The predicted molar refractivity (Wildman–Crippen MR) is 108 cm³/mol. The van der Waals surface area contributed by atoms with E-state index in [2.05, 4.69) is 0 Å². The van der Waals surface area contributed by atoms with E-state index in [9.17, 15) is 9.59 Å². The fraction of sp³-hybridized carbons (Fsp3) is 0.333. The van der Waals surface area contributed by atoms with Crippen LogP contribution in [0.4, 0.5) is 11.4 Å². The summed E-state index contributed by atoms with van der Waals surface area (Å²) in [4.78, 5) is 27.7. The quantitative estimate of drug-likeness (QED) is 0.530. The average molecular weight is 387 g/mol. The van der Waals surface area contributed by atoms with E-state index in [4.69, 9.17) is 16.3 Å². The molecule has 0 fully saturated rings. The lowest BCUT2D eigenvalue weighted by Gasteiger charge is -2.24. The first-order valence-corrected chi connectivity index (χ1v) is 9.48. The molecule has 0 saturated carbocycles. The number of hydrogen-bond acceptors (Lipinski definition) is 3. The summed E-state index contributed by atoms with van der Waals surface area (Å²) in [6, 6.07) is 14.8. The summed E-state index contributed by atoms with van der Waals surface area (Å²) in [6.45, 7) is 3.43. The van der Waals surface area contributed by atoms with Gasteiger partial charge in [0.05, 0.1) is 23.9 Å². The number of carbonyl (C=O) groups is 2. The molecule has 0 saturated heterocycles. The molecule has 0 bridgehead atoms. The van der Waals surface area contributed by atoms with Gasteiger partial charge in [-0.05, 0) is 49.2 Å². The summed E-state index contributed by atoms with van der Waals surface area (Å²) in [7, 11) is 0. The van der Waals surface area contributed by atoms with E-state index in [1.807, 2.05) is 43.3 Å². The third-order valence-electron chi connectivity index (χ3n) is 4.63. The topological polar surface area (TPSA) is 49.9 Å². The molecular weight excluding hydrogens is 364 g/mol. The van der Waals surface area contributed by atoms with Crippen molar-refractivity contribution in [3.05, 3.63) is 53.6 Å². The van der Waals surface area contributed by atoms with Gasteiger partial charge in [0.1, 0.15) is 5.75 Å². The Hall–Kier alpha value is -2.53. The van der Waals surface area contributed by atoms with Gasteiger partial charge < -0.3 is 14.5 Å². The Balaban J connectivity index is 1.61. The third kappa shape index (κ3) is 4.61. The van der Waals surface area contributed by atoms with E-state index in [1.165, 1.54) is 0 Å². The van der Waals surface area contributed by atoms with Crippen molar-refractivity contribution in [2.24, 2.45) is 5.92 Å². The zero-order chi connectivity index (χ0) is 19.2. The van der Waals surface area contributed by atoms with Gasteiger partial charge in [-0.15, -0.1) is 0 Å². The van der Waals surface area contributed by atoms with E-state index in [1.54, 1.807) is 21.9 Å². The van der Waals surface area contributed by atoms with Crippen molar-refractivity contribution in [1.82, 2.24) is 0 Å². The van der Waals surface area contributed by atoms with Crippen molar-refractivity contribution < 1.29 is 14.3 Å². The highest BCUT2D eigenvalue weighted by molar-refractivity contribution is 6.30. The van der Waals surface area contributed by atoms with Crippen molar-refractivity contribution in [2.75, 3.05) is 29.5 Å². The van der Waals surface area contributed by atoms with Gasteiger partial charge in [-0.2, -0.15) is 0 Å². The first-order valence-electron chi connectivity index (χ1n) is 9.11. The van der Waals surface area contributed by atoms with Crippen molar-refractivity contribution in [1.29, 1.82) is 0 Å². The second kappa shape index (κ2) is 8.91. The molecule has 27 heavy (non-hydrogen) atoms. The zero-order valence-electron chi connectivity index (χ0n) is 15.3. The van der Waals surface area contributed by atoms with E-state index in [0.29, 0.717) is 24.7 Å². The van der Waals surface area contributed by atoms with Crippen LogP contribution < -0.4 is 14.5 Å². The SMILES string of the molecule is CC1CN(C=O)c2ccccc2N(CCCCOc2ccc(Cl)cc2)C1=O. The molecule has 2 aromatic rings. The van der Waals surface area contributed by atoms with E-state index < -0.39 is 0 Å². The summed E-state index contributed by atoms with van der Waals surface area (Å²) in [6.07, 6.45) is 2.42. The largest absolute Gasteiger partial charge is 0.494 e. The highest BCUT2D eigenvalue weighted by Gasteiger charge is 2.30. The molecule has 0 radical (unpaired) electrons. The average Bonchev–Trinajstić information content (AvgIpc) is 2.79. The minimum Gasteiger partial charge on any atom is -0.494 e. The Morgan fingerprint density at radius 1 is 1.11 bits per heavy atom. The number of ether oxygens (including phenoxy) is 1. The number of anilines is 2. The van der Waals surface area contributed by atoms with Gasteiger partial charge in [0.2, 0.25) is 12.3 Å². The maximum atomic E-state index is 12.8. The molecule has 0 N–H and O–H groups in total. The van der Waals surface area contributed by atoms with Crippen LogP contribution in [0.25, 0.3) is 0 Å². The molecule has 2 amide bonds. The Kier molecular flexibility index (Phi) is 6.35. The van der Waals surface area contributed by atoms with Gasteiger partial charge in [0.25, 0.3) is 0 Å². The Morgan fingerprint density at radius 3 is 2.52 bits per heavy atom. The molecule has 6 heteroatoms. The maximum Gasteiger partial charge on any atom is 0.231 e. The minimum absolute atomic E-state index is 0.0467. The highest BCUT2D eigenvalue weighted by atomic mass is 35.5. The second-order valence-electron chi connectivity index (χ2n) is 6.65. The van der Waals surface area contributed by atoms with Crippen LogP contribution in [0.2, 0.25) is 5.02 Å². The van der Waals surface area contributed by atoms with Crippen LogP contribution >= 0.6 is 11.6 Å². The number of unbranched alkanes of at least 4 members (excludes halogenated alkanes) is 1. The van der Waals surface area contributed by atoms with Crippen LogP contribution in [0.1, 0.15) is 19.8 Å². The van der Waals surface area contributed by atoms with Crippen molar-refractivity contribution in [2.45, 2.75) is 19.8 Å². The smallest absolute Gasteiger partial charge is 0.231 e. The van der Waals surface area contributed by atoms with Crippen molar-refractivity contribution in [3.63, 3.8) is 0 Å². The Morgan fingerprint density at radius 2 is 1.81 bits per heavy atom. The highest BCUT2D eigenvalue weighted by Crippen LogP contribution is 2.33. The molecule has 3 rings (SSSR count). The summed E-state index contributed by atoms with van der Waals surface area (Å²) >= 11 is 5.86. The van der Waals surface area contributed by atoms with E-state index in [0.717, 1.165) is 36.4 Å². The third-order valence-corrected chi connectivity index (χ3v) is 4.88. The minimum atomic E-state index is -0.243. The Labute approximate surface area is 164 Å². The lowest BCUT2D eigenvalue weighted by Crippen LogP contribution is -2.37. The fourth-order valence-corrected chi connectivity index (χ4v) is 3.34. The molecule has 5 nitrogen and oxygen atoms in total. The van der Waals surface area contributed by atoms with Crippen molar-refractivity contribution >= 4 is 35.3 Å². The number of hydrogen-bond donors (Lipinski definition) is 0. The summed E-state index contributed by atoms with van der Waals surface area (Å²) in [5.41, 5.74) is 1.57. The summed E-state index contributed by atoms with van der Waals surface area (Å²) in [5.74, 6) is 0.587.